The number of nitrogens with zero attached hydrogens (tertiary/aromatic N) is 3. The van der Waals surface area contributed by atoms with E-state index in [-0.39, 0.29) is 36.1 Å². The molecule has 3 aliphatic rings. The van der Waals surface area contributed by atoms with Gasteiger partial charge in [-0.15, -0.1) is 0 Å². The minimum atomic E-state index is -3.36. The van der Waals surface area contributed by atoms with Gasteiger partial charge in [0, 0.05) is 23.3 Å². The molecule has 2 amide bonds. The summed E-state index contributed by atoms with van der Waals surface area (Å²) in [6.45, 7) is 10.5. The highest BCUT2D eigenvalue weighted by Crippen LogP contribution is 2.50. The molecule has 3 heterocycles. The zero-order valence-electron chi connectivity index (χ0n) is 26.1. The van der Waals surface area contributed by atoms with Crippen molar-refractivity contribution in [1.82, 2.24) is 20.2 Å². The van der Waals surface area contributed by atoms with Crippen molar-refractivity contribution in [3.63, 3.8) is 0 Å². The number of Topliss-reactive ketones (excluding diaryl/α,β-unsaturated/α-hetero) is 1. The minimum absolute atomic E-state index is 0.0281. The lowest BCUT2D eigenvalue weighted by atomic mass is 9.85. The Labute approximate surface area is 261 Å². The second kappa shape index (κ2) is 11.7. The third-order valence-corrected chi connectivity index (χ3v) is 9.55. The molecule has 1 aliphatic carbocycles. The Bertz CT molecular complexity index is 1470. The zero-order chi connectivity index (χ0) is 32.2. The van der Waals surface area contributed by atoms with Gasteiger partial charge in [-0.25, -0.2) is 14.8 Å². The Morgan fingerprint density at radius 3 is 2.57 bits per heavy atom. The van der Waals surface area contributed by atoms with Gasteiger partial charge in [-0.1, -0.05) is 45.7 Å². The lowest BCUT2D eigenvalue weighted by Crippen LogP contribution is -2.57. The molecule has 2 bridgehead atoms. The largest absolute Gasteiger partial charge is 0.471 e. The number of nitrogens with one attached hydrogen (secondary N) is 1. The number of halogens is 3. The maximum absolute atomic E-state index is 15.9. The Balaban J connectivity index is 1.60. The molecule has 2 aliphatic heterocycles. The second-order valence-electron chi connectivity index (χ2n) is 13.8. The van der Waals surface area contributed by atoms with Gasteiger partial charge in [-0.3, -0.25) is 9.59 Å². The van der Waals surface area contributed by atoms with Gasteiger partial charge in [0.1, 0.15) is 17.7 Å². The average molecular weight is 635 g/mol. The van der Waals surface area contributed by atoms with Crippen LogP contribution in [0.25, 0.3) is 11.0 Å². The average Bonchev–Trinajstić information content (AvgIpc) is 3.40. The minimum Gasteiger partial charge on any atom is -0.471 e. The molecule has 240 valence electrons. The van der Waals surface area contributed by atoms with Crippen molar-refractivity contribution in [2.45, 2.75) is 110 Å². The lowest BCUT2D eigenvalue weighted by molar-refractivity contribution is -0.141. The molecule has 0 spiro atoms. The molecule has 1 aromatic carbocycles. The Kier molecular flexibility index (Phi) is 8.59. The number of alkyl halides is 2. The predicted molar refractivity (Wildman–Crippen MR) is 161 cm³/mol. The third kappa shape index (κ3) is 6.34. The molecular weight excluding hydrogens is 594 g/mol. The van der Waals surface area contributed by atoms with Crippen LogP contribution in [0.1, 0.15) is 85.8 Å². The monoisotopic (exact) mass is 634 g/mol. The molecule has 44 heavy (non-hydrogen) atoms. The van der Waals surface area contributed by atoms with Crippen LogP contribution in [-0.4, -0.2) is 63.0 Å². The van der Waals surface area contributed by atoms with E-state index < -0.39 is 65.2 Å². The molecule has 2 fully saturated rings. The van der Waals surface area contributed by atoms with Crippen molar-refractivity contribution in [2.75, 3.05) is 6.54 Å². The van der Waals surface area contributed by atoms with Crippen LogP contribution in [-0.2, 0) is 20.2 Å². The molecule has 2 aromatic rings. The first kappa shape index (κ1) is 32.3. The molecule has 12 heteroatoms. The highest BCUT2D eigenvalue weighted by atomic mass is 35.5. The van der Waals surface area contributed by atoms with Crippen molar-refractivity contribution in [2.24, 2.45) is 17.3 Å². The quantitative estimate of drug-likeness (QED) is 0.405. The first-order valence-electron chi connectivity index (χ1n) is 15.4. The fourth-order valence-corrected chi connectivity index (χ4v) is 6.87. The van der Waals surface area contributed by atoms with Crippen molar-refractivity contribution in [1.29, 1.82) is 0 Å². The fourth-order valence-electron chi connectivity index (χ4n) is 6.70. The molecule has 0 unspecified atom stereocenters. The number of carbonyl (C=O) groups is 3. The van der Waals surface area contributed by atoms with E-state index in [0.29, 0.717) is 36.2 Å². The summed E-state index contributed by atoms with van der Waals surface area (Å²) in [6.07, 6.45) is 0.339. The van der Waals surface area contributed by atoms with Crippen LogP contribution in [0.4, 0.5) is 13.6 Å². The Hall–Kier alpha value is -3.08. The fraction of sp³-hybridized carbons (Fsp3) is 0.656. The van der Waals surface area contributed by atoms with Crippen molar-refractivity contribution < 1.29 is 32.6 Å². The first-order valence-corrected chi connectivity index (χ1v) is 15.7. The molecular formula is C32H41ClF2N4O5. The van der Waals surface area contributed by atoms with Gasteiger partial charge in [-0.05, 0) is 63.1 Å². The van der Waals surface area contributed by atoms with E-state index in [2.05, 4.69) is 15.3 Å². The van der Waals surface area contributed by atoms with E-state index in [1.54, 1.807) is 6.07 Å². The number of benzene rings is 1. The third-order valence-electron chi connectivity index (χ3n) is 9.32. The van der Waals surface area contributed by atoms with Crippen LogP contribution >= 0.6 is 11.6 Å². The topological polar surface area (TPSA) is 111 Å². The molecule has 9 nitrogen and oxygen atoms in total. The first-order chi connectivity index (χ1) is 20.5. The van der Waals surface area contributed by atoms with Gasteiger partial charge in [0.15, 0.2) is 11.5 Å². The van der Waals surface area contributed by atoms with Gasteiger partial charge in [0.05, 0.1) is 23.6 Å². The van der Waals surface area contributed by atoms with Gasteiger partial charge >= 0.3 is 6.09 Å². The molecule has 1 saturated heterocycles. The van der Waals surface area contributed by atoms with Gasteiger partial charge in [0.2, 0.25) is 11.8 Å². The van der Waals surface area contributed by atoms with E-state index in [0.717, 1.165) is 0 Å². The summed E-state index contributed by atoms with van der Waals surface area (Å²) in [5.41, 5.74) is -1.50. The van der Waals surface area contributed by atoms with Crippen LogP contribution in [0, 0.1) is 17.3 Å². The number of hydrogen-bond donors (Lipinski definition) is 1. The standard InChI is InChI=1S/C32H41ClF2N4O5/c1-7-20-23-16-39(24(20)17(2)40)28(41)26(30(3,4)5)38-29(42)44-31(6)15-18(31)10-8-9-13-32(34,35)25-27(43-23)37-22-14-19(33)11-12-21(22)36-25/h11-12,14,18,20,23-24,26H,7-10,13,15-16H2,1-6H3,(H,38,42)/t18-,20-,23+,24-,26-,31-/m1/s1. The number of ketones is 1. The number of fused-ring (bicyclic) bond motifs is 5. The smallest absolute Gasteiger partial charge is 0.408 e. The maximum Gasteiger partial charge on any atom is 0.408 e. The van der Waals surface area contributed by atoms with Gasteiger partial charge < -0.3 is 19.7 Å². The number of alkyl carbamates (subject to hydrolysis) is 1. The molecule has 5 rings (SSSR count). The Morgan fingerprint density at radius 1 is 1.18 bits per heavy atom. The van der Waals surface area contributed by atoms with Crippen LogP contribution in [0.5, 0.6) is 5.88 Å². The van der Waals surface area contributed by atoms with Crippen LogP contribution in [0.3, 0.4) is 0 Å². The van der Waals surface area contributed by atoms with E-state index in [9.17, 15) is 14.4 Å². The van der Waals surface area contributed by atoms with Crippen LogP contribution in [0.2, 0.25) is 5.02 Å². The summed E-state index contributed by atoms with van der Waals surface area (Å²) in [7, 11) is 0. The molecule has 1 N–H and O–H groups in total. The lowest BCUT2D eigenvalue weighted by Gasteiger charge is -2.35. The normalized spacial score (nSPS) is 31.1. The van der Waals surface area contributed by atoms with Crippen LogP contribution < -0.4 is 10.1 Å². The van der Waals surface area contributed by atoms with E-state index in [1.165, 1.54) is 24.0 Å². The molecule has 1 saturated carbocycles. The summed E-state index contributed by atoms with van der Waals surface area (Å²) >= 11 is 6.18. The van der Waals surface area contributed by atoms with E-state index >= 15 is 8.78 Å². The Morgan fingerprint density at radius 2 is 1.91 bits per heavy atom. The van der Waals surface area contributed by atoms with Crippen LogP contribution in [0.15, 0.2) is 18.2 Å². The number of amides is 2. The maximum atomic E-state index is 15.9. The zero-order valence-corrected chi connectivity index (χ0v) is 26.8. The van der Waals surface area contributed by atoms with E-state index in [1.807, 2.05) is 34.6 Å². The second-order valence-corrected chi connectivity index (χ2v) is 14.2. The predicted octanol–water partition coefficient (Wildman–Crippen LogP) is 6.44. The molecule has 1 aromatic heterocycles. The van der Waals surface area contributed by atoms with E-state index in [4.69, 9.17) is 21.1 Å². The molecule has 6 atom stereocenters. The van der Waals surface area contributed by atoms with Crippen molar-refractivity contribution in [3.05, 3.63) is 28.9 Å². The highest BCUT2D eigenvalue weighted by Gasteiger charge is 2.55. The summed E-state index contributed by atoms with van der Waals surface area (Å²) < 4.78 is 43.9. The number of aromatic nitrogens is 2. The summed E-state index contributed by atoms with van der Waals surface area (Å²) in [4.78, 5) is 50.5. The van der Waals surface area contributed by atoms with Gasteiger partial charge in [0.25, 0.3) is 5.92 Å². The van der Waals surface area contributed by atoms with Crippen molar-refractivity contribution in [3.8, 4) is 5.88 Å². The van der Waals surface area contributed by atoms with Gasteiger partial charge in [-0.2, -0.15) is 8.78 Å². The molecule has 0 radical (unpaired) electrons. The number of carbonyl (C=O) groups excluding carboxylic acids is 3. The number of hydrogen-bond acceptors (Lipinski definition) is 7. The highest BCUT2D eigenvalue weighted by molar-refractivity contribution is 6.31. The number of rotatable bonds is 2. The summed E-state index contributed by atoms with van der Waals surface area (Å²) in [6, 6.07) is 2.73. The number of ether oxygens (including phenoxy) is 2. The summed E-state index contributed by atoms with van der Waals surface area (Å²) in [5, 5.41) is 3.15. The SMILES string of the molecule is CC[C@@H]1[C@@H]2CN(C(=O)[C@H](C(C)(C)C)NC(=O)O[C@]3(C)C[C@H]3CCCCC(F)(F)c3nc4ccc(Cl)cc4nc3O2)[C@@H]1C(C)=O. The van der Waals surface area contributed by atoms with Crippen molar-refractivity contribution >= 4 is 40.4 Å². The summed E-state index contributed by atoms with van der Waals surface area (Å²) in [5.74, 6) is -4.93.